The van der Waals surface area contributed by atoms with E-state index < -0.39 is 26.7 Å². The van der Waals surface area contributed by atoms with E-state index in [1.54, 1.807) is 29.4 Å². The smallest absolute Gasteiger partial charge is 0.253 e. The van der Waals surface area contributed by atoms with Crippen molar-refractivity contribution in [2.75, 3.05) is 25.9 Å². The standard InChI is InChI=1S/C14H19N3O4S/c1-15-13(18)10-22(20,21)12-4-8-17(9-5-12)14(19)11-2-6-16-7-3-11/h2-3,6-7,12H,4-5,8-10H2,1H3,(H,15,18). The van der Waals surface area contributed by atoms with Gasteiger partial charge in [-0.05, 0) is 25.0 Å². The van der Waals surface area contributed by atoms with Crippen molar-refractivity contribution < 1.29 is 18.0 Å². The van der Waals surface area contributed by atoms with E-state index in [-0.39, 0.29) is 5.91 Å². The van der Waals surface area contributed by atoms with Crippen molar-refractivity contribution in [2.24, 2.45) is 0 Å². The second-order valence-electron chi connectivity index (χ2n) is 5.21. The average Bonchev–Trinajstić information content (AvgIpc) is 2.54. The summed E-state index contributed by atoms with van der Waals surface area (Å²) in [7, 11) is -2.06. The van der Waals surface area contributed by atoms with Gasteiger partial charge in [0.05, 0.1) is 5.25 Å². The van der Waals surface area contributed by atoms with Crippen LogP contribution in [0.15, 0.2) is 24.5 Å². The maximum Gasteiger partial charge on any atom is 0.253 e. The Bertz CT molecular complexity index is 637. The minimum atomic E-state index is -3.47. The number of likely N-dealkylation sites (tertiary alicyclic amines) is 1. The minimum absolute atomic E-state index is 0.121. The summed E-state index contributed by atoms with van der Waals surface area (Å²) >= 11 is 0. The molecule has 1 aromatic rings. The van der Waals surface area contributed by atoms with E-state index in [0.717, 1.165) is 0 Å². The molecule has 1 fully saturated rings. The number of hydrogen-bond donors (Lipinski definition) is 1. The van der Waals surface area contributed by atoms with Crippen LogP contribution in [-0.2, 0) is 14.6 Å². The van der Waals surface area contributed by atoms with Crippen molar-refractivity contribution in [1.82, 2.24) is 15.2 Å². The first-order chi connectivity index (χ1) is 10.4. The van der Waals surface area contributed by atoms with Crippen LogP contribution in [0.25, 0.3) is 0 Å². The lowest BCUT2D eigenvalue weighted by atomic mass is 10.1. The molecule has 1 saturated heterocycles. The van der Waals surface area contributed by atoms with Crippen LogP contribution in [0.1, 0.15) is 23.2 Å². The lowest BCUT2D eigenvalue weighted by Gasteiger charge is -2.31. The summed E-state index contributed by atoms with van der Waals surface area (Å²) < 4.78 is 24.3. The highest BCUT2D eigenvalue weighted by Crippen LogP contribution is 2.20. The molecule has 1 aliphatic heterocycles. The first kappa shape index (κ1) is 16.4. The van der Waals surface area contributed by atoms with Crippen molar-refractivity contribution in [3.05, 3.63) is 30.1 Å². The maximum absolute atomic E-state index is 12.3. The monoisotopic (exact) mass is 325 g/mol. The van der Waals surface area contributed by atoms with Crippen molar-refractivity contribution >= 4 is 21.7 Å². The zero-order chi connectivity index (χ0) is 16.2. The fraction of sp³-hybridized carbons (Fsp3) is 0.500. The molecule has 1 aromatic heterocycles. The summed E-state index contributed by atoms with van der Waals surface area (Å²) in [5, 5.41) is 1.76. The highest BCUT2D eigenvalue weighted by molar-refractivity contribution is 7.92. The van der Waals surface area contributed by atoms with Gasteiger partial charge in [-0.2, -0.15) is 0 Å². The SMILES string of the molecule is CNC(=O)CS(=O)(=O)C1CCN(C(=O)c2ccncc2)CC1. The topological polar surface area (TPSA) is 96.4 Å². The summed E-state index contributed by atoms with van der Waals surface area (Å²) in [6.07, 6.45) is 3.81. The van der Waals surface area contributed by atoms with Crippen molar-refractivity contribution in [3.63, 3.8) is 0 Å². The molecule has 2 amide bonds. The molecule has 0 unspecified atom stereocenters. The molecule has 0 bridgehead atoms. The number of hydrogen-bond acceptors (Lipinski definition) is 5. The maximum atomic E-state index is 12.3. The highest BCUT2D eigenvalue weighted by Gasteiger charge is 2.32. The van der Waals surface area contributed by atoms with Gasteiger partial charge in [0, 0.05) is 38.1 Å². The molecule has 22 heavy (non-hydrogen) atoms. The number of carbonyl (C=O) groups excluding carboxylic acids is 2. The fourth-order valence-electron chi connectivity index (χ4n) is 2.47. The molecular formula is C14H19N3O4S. The van der Waals surface area contributed by atoms with Gasteiger partial charge in [0.1, 0.15) is 5.75 Å². The van der Waals surface area contributed by atoms with Gasteiger partial charge in [0.25, 0.3) is 5.91 Å². The first-order valence-corrected chi connectivity index (χ1v) is 8.77. The van der Waals surface area contributed by atoms with E-state index in [4.69, 9.17) is 0 Å². The molecule has 0 spiro atoms. The summed E-state index contributed by atoms with van der Waals surface area (Å²) in [5.74, 6) is -1.12. The average molecular weight is 325 g/mol. The van der Waals surface area contributed by atoms with E-state index >= 15 is 0 Å². The number of pyridine rings is 1. The Morgan fingerprint density at radius 2 is 1.86 bits per heavy atom. The Kier molecular flexibility index (Phi) is 5.12. The third-order valence-corrected chi connectivity index (χ3v) is 5.93. The van der Waals surface area contributed by atoms with E-state index in [1.807, 2.05) is 0 Å². The van der Waals surface area contributed by atoms with Crippen LogP contribution >= 0.6 is 0 Å². The molecule has 0 radical (unpaired) electrons. The summed E-state index contributed by atoms with van der Waals surface area (Å²) in [6.45, 7) is 0.748. The highest BCUT2D eigenvalue weighted by atomic mass is 32.2. The van der Waals surface area contributed by atoms with Gasteiger partial charge in [-0.1, -0.05) is 0 Å². The lowest BCUT2D eigenvalue weighted by molar-refractivity contribution is -0.118. The lowest BCUT2D eigenvalue weighted by Crippen LogP contribution is -2.44. The van der Waals surface area contributed by atoms with Gasteiger partial charge in [-0.3, -0.25) is 14.6 Å². The third kappa shape index (κ3) is 3.82. The molecule has 2 heterocycles. The van der Waals surface area contributed by atoms with Gasteiger partial charge < -0.3 is 10.2 Å². The van der Waals surface area contributed by atoms with Crippen LogP contribution in [0.2, 0.25) is 0 Å². The number of sulfone groups is 1. The number of amides is 2. The van der Waals surface area contributed by atoms with E-state index in [9.17, 15) is 18.0 Å². The molecule has 1 N–H and O–H groups in total. The third-order valence-electron chi connectivity index (χ3n) is 3.78. The van der Waals surface area contributed by atoms with Crippen LogP contribution in [-0.4, -0.2) is 61.3 Å². The molecule has 2 rings (SSSR count). The van der Waals surface area contributed by atoms with Crippen LogP contribution < -0.4 is 5.32 Å². The normalized spacial score (nSPS) is 16.3. The molecule has 0 aromatic carbocycles. The van der Waals surface area contributed by atoms with E-state index in [1.165, 1.54) is 7.05 Å². The Hall–Kier alpha value is -1.96. The van der Waals surface area contributed by atoms with E-state index in [2.05, 4.69) is 10.3 Å². The second-order valence-corrected chi connectivity index (χ2v) is 7.49. The van der Waals surface area contributed by atoms with Crippen LogP contribution in [0.4, 0.5) is 0 Å². The molecule has 0 aliphatic carbocycles. The Morgan fingerprint density at radius 3 is 2.41 bits per heavy atom. The quantitative estimate of drug-likeness (QED) is 0.830. The molecular weight excluding hydrogens is 306 g/mol. The zero-order valence-electron chi connectivity index (χ0n) is 12.4. The molecule has 120 valence electrons. The van der Waals surface area contributed by atoms with Gasteiger partial charge in [0.15, 0.2) is 9.84 Å². The number of nitrogens with zero attached hydrogens (tertiary/aromatic N) is 2. The minimum Gasteiger partial charge on any atom is -0.358 e. The predicted molar refractivity (Wildman–Crippen MR) is 81.0 cm³/mol. The van der Waals surface area contributed by atoms with Gasteiger partial charge in [-0.25, -0.2) is 8.42 Å². The second kappa shape index (κ2) is 6.87. The Morgan fingerprint density at radius 1 is 1.27 bits per heavy atom. The van der Waals surface area contributed by atoms with Gasteiger partial charge in [-0.15, -0.1) is 0 Å². The number of piperidine rings is 1. The predicted octanol–water partition coefficient (Wildman–Crippen LogP) is -0.153. The summed E-state index contributed by atoms with van der Waals surface area (Å²) in [5.41, 5.74) is 0.543. The van der Waals surface area contributed by atoms with Crippen molar-refractivity contribution in [1.29, 1.82) is 0 Å². The molecule has 7 nitrogen and oxygen atoms in total. The molecule has 1 aliphatic rings. The van der Waals surface area contributed by atoms with Crippen molar-refractivity contribution in [3.8, 4) is 0 Å². The number of aromatic nitrogens is 1. The Balaban J connectivity index is 1.96. The largest absolute Gasteiger partial charge is 0.358 e. The van der Waals surface area contributed by atoms with Crippen LogP contribution in [0.3, 0.4) is 0 Å². The molecule has 0 saturated carbocycles. The first-order valence-electron chi connectivity index (χ1n) is 7.05. The van der Waals surface area contributed by atoms with Gasteiger partial charge in [0.2, 0.25) is 5.91 Å². The fourth-order valence-corrected chi connectivity index (χ4v) is 4.14. The summed E-state index contributed by atoms with van der Waals surface area (Å²) in [6, 6.07) is 3.27. The molecule has 0 atom stereocenters. The van der Waals surface area contributed by atoms with Crippen LogP contribution in [0, 0.1) is 0 Å². The zero-order valence-corrected chi connectivity index (χ0v) is 13.2. The summed E-state index contributed by atoms with van der Waals surface area (Å²) in [4.78, 5) is 29.0. The number of rotatable bonds is 4. The van der Waals surface area contributed by atoms with Gasteiger partial charge >= 0.3 is 0 Å². The number of carbonyl (C=O) groups is 2. The molecule has 8 heteroatoms. The Labute approximate surface area is 129 Å². The number of nitrogens with one attached hydrogen (secondary N) is 1. The van der Waals surface area contributed by atoms with E-state index in [0.29, 0.717) is 31.5 Å². The van der Waals surface area contributed by atoms with Crippen LogP contribution in [0.5, 0.6) is 0 Å². The van der Waals surface area contributed by atoms with Crippen molar-refractivity contribution in [2.45, 2.75) is 18.1 Å².